The Bertz CT molecular complexity index is 1140. The van der Waals surface area contributed by atoms with Gasteiger partial charge < -0.3 is 14.6 Å². The van der Waals surface area contributed by atoms with E-state index in [1.807, 2.05) is 0 Å². The fraction of sp³-hybridized carbons (Fsp3) is 0.211. The van der Waals surface area contributed by atoms with Gasteiger partial charge in [0.05, 0.1) is 27.0 Å². The molecule has 3 rings (SSSR count). The number of hydrogen-bond donors (Lipinski definition) is 1. The van der Waals surface area contributed by atoms with Crippen molar-refractivity contribution in [1.82, 2.24) is 14.8 Å². The fourth-order valence-electron chi connectivity index (χ4n) is 2.44. The molecule has 0 spiro atoms. The zero-order chi connectivity index (χ0) is 23.5. The zero-order valence-electron chi connectivity index (χ0n) is 16.2. The van der Waals surface area contributed by atoms with Gasteiger partial charge in [0.1, 0.15) is 18.2 Å². The second-order valence-corrected chi connectivity index (χ2v) is 8.11. The van der Waals surface area contributed by atoms with E-state index in [9.17, 15) is 22.4 Å². The molecular formula is C19H14Cl2F4N4O2S. The van der Waals surface area contributed by atoms with E-state index in [1.165, 1.54) is 12.1 Å². The van der Waals surface area contributed by atoms with Gasteiger partial charge in [0.15, 0.2) is 11.0 Å². The average Bonchev–Trinajstić information content (AvgIpc) is 3.06. The highest BCUT2D eigenvalue weighted by Crippen LogP contribution is 2.34. The summed E-state index contributed by atoms with van der Waals surface area (Å²) in [5.74, 6) is -0.542. The smallest absolute Gasteiger partial charge is 0.416 e. The molecule has 13 heteroatoms. The van der Waals surface area contributed by atoms with Crippen LogP contribution in [0.2, 0.25) is 10.0 Å². The van der Waals surface area contributed by atoms with E-state index in [1.54, 1.807) is 11.6 Å². The Labute approximate surface area is 193 Å². The highest BCUT2D eigenvalue weighted by atomic mass is 35.5. The Morgan fingerprint density at radius 3 is 2.59 bits per heavy atom. The topological polar surface area (TPSA) is 69.0 Å². The maximum Gasteiger partial charge on any atom is 0.416 e. The van der Waals surface area contributed by atoms with E-state index < -0.39 is 23.5 Å². The maximum absolute atomic E-state index is 13.1. The summed E-state index contributed by atoms with van der Waals surface area (Å²) in [7, 11) is 1.65. The highest BCUT2D eigenvalue weighted by Gasteiger charge is 2.31. The Balaban J connectivity index is 1.58. The number of aromatic nitrogens is 3. The molecule has 0 radical (unpaired) electrons. The summed E-state index contributed by atoms with van der Waals surface area (Å²) in [6.45, 7) is -0.0124. The molecule has 0 unspecified atom stereocenters. The van der Waals surface area contributed by atoms with Crippen LogP contribution in [0.3, 0.4) is 0 Å². The summed E-state index contributed by atoms with van der Waals surface area (Å²) in [5.41, 5.74) is -1.07. The summed E-state index contributed by atoms with van der Waals surface area (Å²) < 4.78 is 58.7. The van der Waals surface area contributed by atoms with E-state index in [0.29, 0.717) is 11.0 Å². The predicted octanol–water partition coefficient (Wildman–Crippen LogP) is 5.59. The van der Waals surface area contributed by atoms with Crippen molar-refractivity contribution in [1.29, 1.82) is 0 Å². The number of amides is 1. The van der Waals surface area contributed by atoms with Crippen LogP contribution in [0.1, 0.15) is 11.4 Å². The number of thioether (sulfide) groups is 1. The lowest BCUT2D eigenvalue weighted by Crippen LogP contribution is -2.16. The van der Waals surface area contributed by atoms with Crippen molar-refractivity contribution in [2.75, 3.05) is 11.1 Å². The number of anilines is 1. The molecule has 0 bridgehead atoms. The Morgan fingerprint density at radius 1 is 1.16 bits per heavy atom. The number of carbonyl (C=O) groups excluding carboxylic acids is 1. The number of nitrogens with zero attached hydrogens (tertiary/aromatic N) is 3. The van der Waals surface area contributed by atoms with Crippen LogP contribution in [0, 0.1) is 5.82 Å². The minimum Gasteiger partial charge on any atom is -0.484 e. The van der Waals surface area contributed by atoms with Crippen LogP contribution in [0.25, 0.3) is 0 Å². The lowest BCUT2D eigenvalue weighted by Gasteiger charge is -2.11. The quantitative estimate of drug-likeness (QED) is 0.332. The molecule has 1 heterocycles. The van der Waals surface area contributed by atoms with Gasteiger partial charge >= 0.3 is 6.18 Å². The van der Waals surface area contributed by atoms with Crippen LogP contribution in [0.4, 0.5) is 23.2 Å². The fourth-order valence-corrected chi connectivity index (χ4v) is 3.56. The third-order valence-electron chi connectivity index (χ3n) is 4.08. The molecule has 32 heavy (non-hydrogen) atoms. The SMILES string of the molecule is Cn1c(COc2ccc(F)cc2Cl)nnc1SCC(=O)Nc1cc(C(F)(F)F)ccc1Cl. The van der Waals surface area contributed by atoms with Crippen molar-refractivity contribution in [3.05, 3.63) is 63.6 Å². The highest BCUT2D eigenvalue weighted by molar-refractivity contribution is 7.99. The van der Waals surface area contributed by atoms with Crippen molar-refractivity contribution >= 4 is 46.6 Å². The predicted molar refractivity (Wildman–Crippen MR) is 113 cm³/mol. The van der Waals surface area contributed by atoms with Crippen molar-refractivity contribution in [2.24, 2.45) is 7.05 Å². The van der Waals surface area contributed by atoms with Gasteiger partial charge in [-0.1, -0.05) is 35.0 Å². The molecule has 1 aromatic heterocycles. The van der Waals surface area contributed by atoms with Crippen LogP contribution in [-0.2, 0) is 24.6 Å². The molecule has 0 aliphatic carbocycles. The lowest BCUT2D eigenvalue weighted by atomic mass is 10.2. The van der Waals surface area contributed by atoms with E-state index in [0.717, 1.165) is 36.0 Å². The van der Waals surface area contributed by atoms with Gasteiger partial charge in [0, 0.05) is 7.05 Å². The van der Waals surface area contributed by atoms with Crippen LogP contribution in [0.5, 0.6) is 5.75 Å². The molecule has 0 saturated heterocycles. The van der Waals surface area contributed by atoms with Gasteiger partial charge in [-0.2, -0.15) is 13.2 Å². The van der Waals surface area contributed by atoms with E-state index in [-0.39, 0.29) is 33.8 Å². The third-order valence-corrected chi connectivity index (χ3v) is 5.72. The first-order valence-corrected chi connectivity index (χ1v) is 10.5. The summed E-state index contributed by atoms with van der Waals surface area (Å²) in [6, 6.07) is 6.36. The molecule has 3 aromatic rings. The minimum absolute atomic E-state index is 0.0124. The number of ether oxygens (including phenoxy) is 1. The summed E-state index contributed by atoms with van der Waals surface area (Å²) >= 11 is 12.8. The van der Waals surface area contributed by atoms with Gasteiger partial charge in [-0.25, -0.2) is 4.39 Å². The first-order valence-electron chi connectivity index (χ1n) is 8.80. The number of nitrogens with one attached hydrogen (secondary N) is 1. The first-order chi connectivity index (χ1) is 15.0. The monoisotopic (exact) mass is 508 g/mol. The maximum atomic E-state index is 13.1. The van der Waals surface area contributed by atoms with Gasteiger partial charge in [-0.05, 0) is 36.4 Å². The number of rotatable bonds is 7. The molecule has 170 valence electrons. The Kier molecular flexibility index (Phi) is 7.52. The molecule has 0 aliphatic rings. The van der Waals surface area contributed by atoms with E-state index >= 15 is 0 Å². The molecule has 0 fully saturated rings. The Hall–Kier alpha value is -2.50. The van der Waals surface area contributed by atoms with Crippen LogP contribution in [0.15, 0.2) is 41.6 Å². The second kappa shape index (κ2) is 9.97. The van der Waals surface area contributed by atoms with Crippen molar-refractivity contribution in [2.45, 2.75) is 17.9 Å². The number of halogens is 6. The normalized spacial score (nSPS) is 11.5. The third kappa shape index (κ3) is 6.05. The number of alkyl halides is 3. The van der Waals surface area contributed by atoms with Crippen LogP contribution < -0.4 is 10.1 Å². The molecule has 1 amide bonds. The standard InChI is InChI=1S/C19H14Cl2F4N4O2S/c1-29-16(8-31-15-5-3-11(22)7-13(15)21)27-28-18(29)32-9-17(30)26-14-6-10(19(23,24)25)2-4-12(14)20/h2-7H,8-9H2,1H3,(H,26,30). The van der Waals surface area contributed by atoms with Gasteiger partial charge in [0.2, 0.25) is 5.91 Å². The summed E-state index contributed by atoms with van der Waals surface area (Å²) in [5, 5.41) is 10.7. The lowest BCUT2D eigenvalue weighted by molar-refractivity contribution is -0.137. The minimum atomic E-state index is -4.56. The number of hydrogen-bond acceptors (Lipinski definition) is 5. The average molecular weight is 509 g/mol. The molecule has 0 aliphatic heterocycles. The number of carbonyl (C=O) groups is 1. The molecule has 0 atom stereocenters. The second-order valence-electron chi connectivity index (χ2n) is 6.35. The largest absolute Gasteiger partial charge is 0.484 e. The molecular weight excluding hydrogens is 495 g/mol. The zero-order valence-corrected chi connectivity index (χ0v) is 18.5. The molecule has 1 N–H and O–H groups in total. The molecule has 6 nitrogen and oxygen atoms in total. The van der Waals surface area contributed by atoms with Crippen LogP contribution in [-0.4, -0.2) is 26.4 Å². The Morgan fingerprint density at radius 2 is 1.91 bits per heavy atom. The number of benzene rings is 2. The van der Waals surface area contributed by atoms with Gasteiger partial charge in [-0.3, -0.25) is 4.79 Å². The summed E-state index contributed by atoms with van der Waals surface area (Å²) in [4.78, 5) is 12.2. The van der Waals surface area contributed by atoms with E-state index in [4.69, 9.17) is 27.9 Å². The van der Waals surface area contributed by atoms with E-state index in [2.05, 4.69) is 15.5 Å². The summed E-state index contributed by atoms with van der Waals surface area (Å²) in [6.07, 6.45) is -4.56. The van der Waals surface area contributed by atoms with Crippen molar-refractivity contribution in [3.63, 3.8) is 0 Å². The van der Waals surface area contributed by atoms with Crippen LogP contribution >= 0.6 is 35.0 Å². The molecule has 0 saturated carbocycles. The van der Waals surface area contributed by atoms with Crippen molar-refractivity contribution in [3.8, 4) is 5.75 Å². The van der Waals surface area contributed by atoms with Crippen molar-refractivity contribution < 1.29 is 27.1 Å². The first kappa shape index (κ1) is 24.1. The van der Waals surface area contributed by atoms with Gasteiger partial charge in [0.25, 0.3) is 0 Å². The molecule has 2 aromatic carbocycles. The van der Waals surface area contributed by atoms with Gasteiger partial charge in [-0.15, -0.1) is 10.2 Å².